The van der Waals surface area contributed by atoms with Gasteiger partial charge in [-0.2, -0.15) is 4.98 Å². The number of nitrogens with two attached hydrogens (primary N) is 2. The second-order valence-electron chi connectivity index (χ2n) is 3.84. The van der Waals surface area contributed by atoms with E-state index in [0.717, 1.165) is 12.8 Å². The molecular formula is C10H17N5O3. The van der Waals surface area contributed by atoms with Crippen LogP contribution in [0.4, 0.5) is 17.5 Å². The van der Waals surface area contributed by atoms with E-state index in [1.54, 1.807) is 0 Å². The fourth-order valence-electron chi connectivity index (χ4n) is 1.42. The van der Waals surface area contributed by atoms with Gasteiger partial charge in [-0.1, -0.05) is 6.42 Å². The summed E-state index contributed by atoms with van der Waals surface area (Å²) in [6, 6.07) is 0. The quantitative estimate of drug-likeness (QED) is 0.430. The van der Waals surface area contributed by atoms with E-state index in [4.69, 9.17) is 16.6 Å². The molecule has 100 valence electrons. The average Bonchev–Trinajstić information content (AvgIpc) is 2.29. The minimum Gasteiger partial charge on any atom is -0.481 e. The molecule has 8 heteroatoms. The number of anilines is 3. The number of nitrogen functional groups attached to an aromatic ring is 2. The number of carboxylic acid groups (broad SMARTS) is 1. The highest BCUT2D eigenvalue weighted by atomic mass is 16.4. The maximum Gasteiger partial charge on any atom is 0.303 e. The lowest BCUT2D eigenvalue weighted by molar-refractivity contribution is -0.137. The number of aromatic amines is 1. The number of carboxylic acids is 1. The Balaban J connectivity index is 2.36. The summed E-state index contributed by atoms with van der Waals surface area (Å²) >= 11 is 0. The minimum absolute atomic E-state index is 0.00239. The van der Waals surface area contributed by atoms with Gasteiger partial charge in [0.1, 0.15) is 5.69 Å². The molecule has 0 spiro atoms. The van der Waals surface area contributed by atoms with Crippen LogP contribution in [0.3, 0.4) is 0 Å². The largest absolute Gasteiger partial charge is 0.481 e. The first-order chi connectivity index (χ1) is 8.50. The van der Waals surface area contributed by atoms with Crippen molar-refractivity contribution in [2.75, 3.05) is 23.3 Å². The second-order valence-corrected chi connectivity index (χ2v) is 3.84. The third-order valence-corrected chi connectivity index (χ3v) is 2.33. The first kappa shape index (κ1) is 13.8. The van der Waals surface area contributed by atoms with Crippen LogP contribution in [0.1, 0.15) is 25.7 Å². The number of aromatic nitrogens is 2. The van der Waals surface area contributed by atoms with Crippen LogP contribution in [0.15, 0.2) is 4.79 Å². The van der Waals surface area contributed by atoms with Crippen LogP contribution in [0.5, 0.6) is 0 Å². The van der Waals surface area contributed by atoms with Gasteiger partial charge in [-0.05, 0) is 12.8 Å². The van der Waals surface area contributed by atoms with E-state index in [9.17, 15) is 9.59 Å². The van der Waals surface area contributed by atoms with Crippen LogP contribution >= 0.6 is 0 Å². The van der Waals surface area contributed by atoms with Crippen molar-refractivity contribution in [2.45, 2.75) is 25.7 Å². The van der Waals surface area contributed by atoms with E-state index in [1.165, 1.54) is 0 Å². The van der Waals surface area contributed by atoms with E-state index >= 15 is 0 Å². The molecule has 0 atom stereocenters. The molecule has 8 nitrogen and oxygen atoms in total. The van der Waals surface area contributed by atoms with Crippen LogP contribution in [0.2, 0.25) is 0 Å². The van der Waals surface area contributed by atoms with Crippen molar-refractivity contribution in [3.05, 3.63) is 10.4 Å². The Labute approximate surface area is 103 Å². The molecule has 1 aromatic rings. The standard InChI is InChI=1S/C10H17N5O3/c11-7-8(14-10(12)15-9(7)18)13-5-3-1-2-4-6(16)17/h1-5,11H2,(H,16,17)(H4,12,13,14,15,18). The SMILES string of the molecule is Nc1nc(NCCCCCC(=O)O)c(N)c(=O)[nH]1. The Kier molecular flexibility index (Phi) is 4.97. The highest BCUT2D eigenvalue weighted by molar-refractivity contribution is 5.66. The summed E-state index contributed by atoms with van der Waals surface area (Å²) < 4.78 is 0. The van der Waals surface area contributed by atoms with Gasteiger partial charge in [0.2, 0.25) is 5.95 Å². The monoisotopic (exact) mass is 255 g/mol. The Morgan fingerprint density at radius 2 is 2.06 bits per heavy atom. The molecule has 0 fully saturated rings. The number of nitrogens with one attached hydrogen (secondary N) is 2. The molecular weight excluding hydrogens is 238 g/mol. The van der Waals surface area contributed by atoms with Gasteiger partial charge >= 0.3 is 5.97 Å². The number of hydrogen-bond donors (Lipinski definition) is 5. The number of rotatable bonds is 7. The topological polar surface area (TPSA) is 147 Å². The number of H-pyrrole nitrogens is 1. The molecule has 0 saturated heterocycles. The molecule has 0 unspecified atom stereocenters. The van der Waals surface area contributed by atoms with Crippen LogP contribution in [0, 0.1) is 0 Å². The molecule has 0 aliphatic carbocycles. The lowest BCUT2D eigenvalue weighted by Gasteiger charge is -2.07. The number of unbranched alkanes of at least 4 members (excludes halogenated alkanes) is 2. The van der Waals surface area contributed by atoms with E-state index in [2.05, 4.69) is 15.3 Å². The van der Waals surface area contributed by atoms with Gasteiger partial charge in [-0.3, -0.25) is 14.6 Å². The molecule has 1 aromatic heterocycles. The van der Waals surface area contributed by atoms with E-state index in [1.807, 2.05) is 0 Å². The maximum absolute atomic E-state index is 11.3. The molecule has 0 aromatic carbocycles. The molecule has 0 aliphatic heterocycles. The van der Waals surface area contributed by atoms with Crippen molar-refractivity contribution in [1.29, 1.82) is 0 Å². The Morgan fingerprint density at radius 3 is 2.72 bits per heavy atom. The summed E-state index contributed by atoms with van der Waals surface area (Å²) in [5.41, 5.74) is 10.4. The van der Waals surface area contributed by atoms with Gasteiger partial charge in [0, 0.05) is 13.0 Å². The zero-order valence-electron chi connectivity index (χ0n) is 9.90. The van der Waals surface area contributed by atoms with Crippen LogP contribution in [0.25, 0.3) is 0 Å². The molecule has 0 saturated carbocycles. The number of aliphatic carboxylic acids is 1. The molecule has 0 aliphatic rings. The highest BCUT2D eigenvalue weighted by Crippen LogP contribution is 2.10. The van der Waals surface area contributed by atoms with Crippen LogP contribution in [-0.4, -0.2) is 27.6 Å². The summed E-state index contributed by atoms with van der Waals surface area (Å²) in [6.07, 6.45) is 2.33. The molecule has 0 bridgehead atoms. The van der Waals surface area contributed by atoms with Crippen molar-refractivity contribution in [3.63, 3.8) is 0 Å². The van der Waals surface area contributed by atoms with Crippen molar-refractivity contribution in [2.24, 2.45) is 0 Å². The predicted octanol–water partition coefficient (Wildman–Crippen LogP) is -0.00880. The summed E-state index contributed by atoms with van der Waals surface area (Å²) in [6.45, 7) is 0.555. The van der Waals surface area contributed by atoms with E-state index in [0.29, 0.717) is 13.0 Å². The minimum atomic E-state index is -0.795. The van der Waals surface area contributed by atoms with E-state index < -0.39 is 11.5 Å². The average molecular weight is 255 g/mol. The van der Waals surface area contributed by atoms with Crippen molar-refractivity contribution >= 4 is 23.4 Å². The van der Waals surface area contributed by atoms with E-state index in [-0.39, 0.29) is 23.9 Å². The lowest BCUT2D eigenvalue weighted by Crippen LogP contribution is -2.19. The van der Waals surface area contributed by atoms with Crippen molar-refractivity contribution < 1.29 is 9.90 Å². The zero-order chi connectivity index (χ0) is 13.5. The van der Waals surface area contributed by atoms with Gasteiger partial charge in [0.25, 0.3) is 5.56 Å². The highest BCUT2D eigenvalue weighted by Gasteiger charge is 2.05. The van der Waals surface area contributed by atoms with Gasteiger partial charge in [0.15, 0.2) is 5.82 Å². The Bertz CT molecular complexity index is 471. The third-order valence-electron chi connectivity index (χ3n) is 2.33. The van der Waals surface area contributed by atoms with Crippen molar-refractivity contribution in [3.8, 4) is 0 Å². The summed E-state index contributed by atoms with van der Waals surface area (Å²) in [4.78, 5) is 27.7. The van der Waals surface area contributed by atoms with Gasteiger partial charge in [0.05, 0.1) is 0 Å². The maximum atomic E-state index is 11.3. The molecule has 1 rings (SSSR count). The molecule has 7 N–H and O–H groups in total. The number of hydrogen-bond acceptors (Lipinski definition) is 6. The first-order valence-corrected chi connectivity index (χ1v) is 5.61. The molecule has 18 heavy (non-hydrogen) atoms. The predicted molar refractivity (Wildman–Crippen MR) is 68.3 cm³/mol. The molecule has 0 radical (unpaired) electrons. The summed E-state index contributed by atoms with van der Waals surface area (Å²) in [7, 11) is 0. The molecule has 1 heterocycles. The van der Waals surface area contributed by atoms with Crippen LogP contribution < -0.4 is 22.3 Å². The fourth-order valence-corrected chi connectivity index (χ4v) is 1.42. The normalized spacial score (nSPS) is 10.2. The first-order valence-electron chi connectivity index (χ1n) is 5.61. The Hall–Kier alpha value is -2.25. The zero-order valence-corrected chi connectivity index (χ0v) is 9.90. The third kappa shape index (κ3) is 4.32. The van der Waals surface area contributed by atoms with Crippen molar-refractivity contribution in [1.82, 2.24) is 9.97 Å². The molecule has 0 amide bonds. The second kappa shape index (κ2) is 6.48. The fraction of sp³-hybridized carbons (Fsp3) is 0.500. The van der Waals surface area contributed by atoms with Gasteiger partial charge in [-0.15, -0.1) is 0 Å². The summed E-state index contributed by atoms with van der Waals surface area (Å²) in [5.74, 6) is -0.534. The smallest absolute Gasteiger partial charge is 0.303 e. The van der Waals surface area contributed by atoms with Crippen LogP contribution in [-0.2, 0) is 4.79 Å². The van der Waals surface area contributed by atoms with Gasteiger partial charge in [-0.25, -0.2) is 0 Å². The summed E-state index contributed by atoms with van der Waals surface area (Å²) in [5, 5.41) is 11.4. The number of nitrogens with zero attached hydrogens (tertiary/aromatic N) is 1. The van der Waals surface area contributed by atoms with Gasteiger partial charge < -0.3 is 21.9 Å². The lowest BCUT2D eigenvalue weighted by atomic mass is 10.2. The Morgan fingerprint density at radius 1 is 1.33 bits per heavy atom. The number of carbonyl (C=O) groups is 1.